The summed E-state index contributed by atoms with van der Waals surface area (Å²) in [4.78, 5) is 52.9. The monoisotopic (exact) mass is 551 g/mol. The summed E-state index contributed by atoms with van der Waals surface area (Å²) in [6.07, 6.45) is 0.649. The number of anilines is 2. The molecule has 4 rings (SSSR count). The van der Waals surface area contributed by atoms with Crippen LogP contribution < -0.4 is 27.4 Å². The fourth-order valence-corrected chi connectivity index (χ4v) is 4.17. The van der Waals surface area contributed by atoms with E-state index in [-0.39, 0.29) is 40.4 Å². The number of amides is 1. The Morgan fingerprint density at radius 2 is 1.68 bits per heavy atom. The van der Waals surface area contributed by atoms with Gasteiger partial charge in [0.1, 0.15) is 17.0 Å². The lowest BCUT2D eigenvalue weighted by Gasteiger charge is -2.19. The smallest absolute Gasteiger partial charge is 0.333 e. The largest absolute Gasteiger partial charge is 0.352 e. The van der Waals surface area contributed by atoms with Gasteiger partial charge < -0.3 is 10.6 Å². The van der Waals surface area contributed by atoms with Crippen LogP contribution in [0, 0.1) is 12.7 Å². The van der Waals surface area contributed by atoms with Gasteiger partial charge in [-0.3, -0.25) is 28.5 Å². The fourth-order valence-electron chi connectivity index (χ4n) is 4.17. The maximum absolute atomic E-state index is 14.8. The van der Waals surface area contributed by atoms with E-state index in [1.807, 2.05) is 34.6 Å². The quantitative estimate of drug-likeness (QED) is 0.318. The summed E-state index contributed by atoms with van der Waals surface area (Å²) in [5.41, 5.74) is 0.373. The Hall–Kier alpha value is -4.47. The van der Waals surface area contributed by atoms with Gasteiger partial charge in [0, 0.05) is 26.1 Å². The minimum absolute atomic E-state index is 0.0282. The Bertz CT molecular complexity index is 1690. The first-order chi connectivity index (χ1) is 19.1. The van der Waals surface area contributed by atoms with Gasteiger partial charge in [0.25, 0.3) is 11.1 Å². The number of nitrogens with one attached hydrogen (secondary N) is 3. The third kappa shape index (κ3) is 6.56. The fraction of sp³-hybridized carbons (Fsp3) is 0.333. The second kappa shape index (κ2) is 14.1. The molecule has 0 saturated heterocycles. The van der Waals surface area contributed by atoms with E-state index in [1.54, 1.807) is 36.4 Å². The van der Waals surface area contributed by atoms with E-state index in [2.05, 4.69) is 15.6 Å². The molecular formula is C30H38FN5O4. The van der Waals surface area contributed by atoms with E-state index >= 15 is 0 Å². The number of carbonyl (C=O) groups excluding carboxylic acids is 1. The van der Waals surface area contributed by atoms with Gasteiger partial charge in [-0.15, -0.1) is 0 Å². The molecule has 2 heterocycles. The van der Waals surface area contributed by atoms with Crippen LogP contribution in [0.25, 0.3) is 16.6 Å². The lowest BCUT2D eigenvalue weighted by Crippen LogP contribution is -2.34. The van der Waals surface area contributed by atoms with Crippen molar-refractivity contribution in [3.8, 4) is 5.69 Å². The molecule has 4 aromatic rings. The number of halogens is 1. The van der Waals surface area contributed by atoms with Crippen LogP contribution in [0.4, 0.5) is 15.9 Å². The van der Waals surface area contributed by atoms with E-state index in [4.69, 9.17) is 0 Å². The van der Waals surface area contributed by atoms with Gasteiger partial charge in [-0.2, -0.15) is 0 Å². The summed E-state index contributed by atoms with van der Waals surface area (Å²) in [7, 11) is 1.47. The summed E-state index contributed by atoms with van der Waals surface area (Å²) in [6, 6.07) is 11.5. The molecule has 0 spiro atoms. The molecule has 0 fully saturated rings. The van der Waals surface area contributed by atoms with E-state index in [1.165, 1.54) is 36.1 Å². The zero-order valence-electron chi connectivity index (χ0n) is 24.4. The highest BCUT2D eigenvalue weighted by Gasteiger charge is 2.21. The number of benzene rings is 2. The average Bonchev–Trinajstić information content (AvgIpc) is 2.96. The summed E-state index contributed by atoms with van der Waals surface area (Å²) in [6.45, 7) is 13.1. The molecular weight excluding hydrogens is 513 g/mol. The van der Waals surface area contributed by atoms with Gasteiger partial charge in [0.05, 0.1) is 16.9 Å². The Morgan fingerprint density at radius 3 is 2.27 bits per heavy atom. The van der Waals surface area contributed by atoms with Gasteiger partial charge in [-0.05, 0) is 48.7 Å². The van der Waals surface area contributed by atoms with Crippen molar-refractivity contribution in [2.75, 3.05) is 5.32 Å². The molecule has 0 saturated carbocycles. The van der Waals surface area contributed by atoms with E-state index in [0.717, 1.165) is 5.56 Å². The lowest BCUT2D eigenvalue weighted by molar-refractivity contribution is -0.119. The molecule has 1 amide bonds. The van der Waals surface area contributed by atoms with Crippen molar-refractivity contribution < 1.29 is 9.18 Å². The van der Waals surface area contributed by atoms with Crippen molar-refractivity contribution in [1.82, 2.24) is 19.4 Å². The van der Waals surface area contributed by atoms with Crippen molar-refractivity contribution in [3.63, 3.8) is 0 Å². The minimum Gasteiger partial charge on any atom is -0.352 e. The highest BCUT2D eigenvalue weighted by Crippen LogP contribution is 2.27. The second-order valence-corrected chi connectivity index (χ2v) is 8.53. The number of aromatic nitrogens is 3. The summed E-state index contributed by atoms with van der Waals surface area (Å²) in [5.74, 6) is -0.694. The second-order valence-electron chi connectivity index (χ2n) is 8.53. The normalized spacial score (nSPS) is 10.2. The maximum atomic E-state index is 14.8. The van der Waals surface area contributed by atoms with E-state index in [0.29, 0.717) is 17.7 Å². The summed E-state index contributed by atoms with van der Waals surface area (Å²) < 4.78 is 17.3. The number of fused-ring (bicyclic) bond motifs is 1. The summed E-state index contributed by atoms with van der Waals surface area (Å²) >= 11 is 0. The van der Waals surface area contributed by atoms with Crippen LogP contribution in [0.1, 0.15) is 58.2 Å². The van der Waals surface area contributed by atoms with Crippen molar-refractivity contribution in [3.05, 3.63) is 96.2 Å². The van der Waals surface area contributed by atoms with Crippen molar-refractivity contribution >= 4 is 28.3 Å². The van der Waals surface area contributed by atoms with Gasteiger partial charge in [-0.1, -0.05) is 52.8 Å². The first kappa shape index (κ1) is 31.7. The third-order valence-electron chi connectivity index (χ3n) is 6.07. The van der Waals surface area contributed by atoms with Crippen LogP contribution in [0.2, 0.25) is 0 Å². The number of hydrogen-bond donors (Lipinski definition) is 3. The first-order valence-electron chi connectivity index (χ1n) is 13.4. The molecule has 40 heavy (non-hydrogen) atoms. The molecule has 0 radical (unpaired) electrons. The standard InChI is InChI=1S/C26H26FN5O4.2C2H6/c1-5-16-9-10-20(19(27)12-16)29-23-21-22(14(2)25(35)31(23)4)32(26(36)30-24(21)34)18-8-6-7-17(11-18)13-28-15(3)33;2*1-2/h6-12,29H,5,13H2,1-4H3,(H,28,33)(H,30,34,36);2*1-2H3. The number of aryl methyl sites for hydroxylation is 2. The van der Waals surface area contributed by atoms with Crippen molar-refractivity contribution in [2.45, 2.75) is 61.4 Å². The van der Waals surface area contributed by atoms with Gasteiger partial charge >= 0.3 is 5.69 Å². The molecule has 9 nitrogen and oxygen atoms in total. The van der Waals surface area contributed by atoms with Crippen LogP contribution in [-0.2, 0) is 24.8 Å². The van der Waals surface area contributed by atoms with Crippen LogP contribution in [0.3, 0.4) is 0 Å². The van der Waals surface area contributed by atoms with Gasteiger partial charge in [0.15, 0.2) is 0 Å². The molecule has 214 valence electrons. The zero-order valence-corrected chi connectivity index (χ0v) is 24.4. The van der Waals surface area contributed by atoms with Crippen molar-refractivity contribution in [1.29, 1.82) is 0 Å². The summed E-state index contributed by atoms with van der Waals surface area (Å²) in [5, 5.41) is 5.62. The number of rotatable bonds is 6. The Balaban J connectivity index is 0.00000134. The van der Waals surface area contributed by atoms with E-state index in [9.17, 15) is 23.6 Å². The highest BCUT2D eigenvalue weighted by atomic mass is 19.1. The SMILES string of the molecule is CC.CC.CCc1ccc(Nc2c3c(=O)[nH]c(=O)n(-c4cccc(CNC(C)=O)c4)c3c(C)c(=O)n2C)c(F)c1. The maximum Gasteiger partial charge on any atom is 0.333 e. The number of nitrogens with zero attached hydrogens (tertiary/aromatic N) is 2. The van der Waals surface area contributed by atoms with E-state index < -0.39 is 22.6 Å². The number of H-pyrrole nitrogens is 1. The zero-order chi connectivity index (χ0) is 30.1. The van der Waals surface area contributed by atoms with Crippen LogP contribution in [-0.4, -0.2) is 20.0 Å². The lowest BCUT2D eigenvalue weighted by atomic mass is 10.1. The predicted molar refractivity (Wildman–Crippen MR) is 159 cm³/mol. The van der Waals surface area contributed by atoms with Crippen LogP contribution in [0.15, 0.2) is 56.8 Å². The topological polar surface area (TPSA) is 118 Å². The number of hydrogen-bond acceptors (Lipinski definition) is 5. The van der Waals surface area contributed by atoms with Gasteiger partial charge in [-0.25, -0.2) is 9.18 Å². The molecule has 3 N–H and O–H groups in total. The van der Waals surface area contributed by atoms with Crippen LogP contribution in [0.5, 0.6) is 0 Å². The predicted octanol–water partition coefficient (Wildman–Crippen LogP) is 4.82. The molecule has 0 aliphatic rings. The Morgan fingerprint density at radius 1 is 1.00 bits per heavy atom. The number of carbonyl (C=O) groups is 1. The number of aromatic amines is 1. The minimum atomic E-state index is -0.732. The Labute approximate surface area is 232 Å². The molecule has 2 aromatic heterocycles. The molecule has 10 heteroatoms. The Kier molecular flexibility index (Phi) is 11.2. The molecule has 0 aliphatic heterocycles. The molecule has 0 aliphatic carbocycles. The van der Waals surface area contributed by atoms with Crippen LogP contribution >= 0.6 is 0 Å². The molecule has 0 unspecified atom stereocenters. The number of pyridine rings is 1. The van der Waals surface area contributed by atoms with Crippen molar-refractivity contribution in [2.24, 2.45) is 7.05 Å². The first-order valence-corrected chi connectivity index (χ1v) is 13.4. The molecule has 2 aromatic carbocycles. The molecule has 0 atom stereocenters. The average molecular weight is 552 g/mol. The highest BCUT2D eigenvalue weighted by molar-refractivity contribution is 5.93. The van der Waals surface area contributed by atoms with Gasteiger partial charge in [0.2, 0.25) is 5.91 Å². The third-order valence-corrected chi connectivity index (χ3v) is 6.07. The molecule has 0 bridgehead atoms.